The fourth-order valence-corrected chi connectivity index (χ4v) is 0.821. The molecule has 0 heterocycles. The summed E-state index contributed by atoms with van der Waals surface area (Å²) >= 11 is 0. The molecule has 1 unspecified atom stereocenters. The minimum absolute atomic E-state index is 0.308. The fourth-order valence-electron chi connectivity index (χ4n) is 0.821. The highest BCUT2D eigenvalue weighted by Gasteiger charge is 2.05. The lowest BCUT2D eigenvalue weighted by molar-refractivity contribution is -0.108. The molecule has 0 spiro atoms. The van der Waals surface area contributed by atoms with Gasteiger partial charge in [0.1, 0.15) is 6.29 Å². The summed E-state index contributed by atoms with van der Waals surface area (Å²) in [5.74, 6) is 0.308. The second kappa shape index (κ2) is 10.4. The summed E-state index contributed by atoms with van der Waals surface area (Å²) in [6.45, 7) is 10.6. The quantitative estimate of drug-likeness (QED) is 0.506. The molecule has 0 bridgehead atoms. The van der Waals surface area contributed by atoms with Gasteiger partial charge in [0.25, 0.3) is 0 Å². The molecule has 0 aliphatic heterocycles. The summed E-state index contributed by atoms with van der Waals surface area (Å²) in [5.41, 5.74) is 1.07. The summed E-state index contributed by atoms with van der Waals surface area (Å²) in [4.78, 5) is 10.1. The molecule has 1 N–H and O–H groups in total. The molecule has 12 heavy (non-hydrogen) atoms. The van der Waals surface area contributed by atoms with Gasteiger partial charge in [0.2, 0.25) is 0 Å². The second-order valence-corrected chi connectivity index (χ2v) is 2.50. The Morgan fingerprint density at radius 3 is 2.33 bits per heavy atom. The van der Waals surface area contributed by atoms with Crippen molar-refractivity contribution in [1.29, 1.82) is 0 Å². The molecule has 0 aliphatic rings. The molecule has 0 fully saturated rings. The van der Waals surface area contributed by atoms with Gasteiger partial charge in [0.15, 0.2) is 0 Å². The van der Waals surface area contributed by atoms with Crippen molar-refractivity contribution >= 4 is 6.29 Å². The smallest absolute Gasteiger partial charge is 0.120 e. The maximum atomic E-state index is 10.1. The first-order chi connectivity index (χ1) is 5.72. The van der Waals surface area contributed by atoms with Gasteiger partial charge in [-0.3, -0.25) is 0 Å². The maximum Gasteiger partial charge on any atom is 0.120 e. The van der Waals surface area contributed by atoms with Crippen LogP contribution in [0.3, 0.4) is 0 Å². The molecular formula is C10H21NO. The Balaban J connectivity index is 0. The van der Waals surface area contributed by atoms with Crippen LogP contribution in [-0.2, 0) is 4.79 Å². The van der Waals surface area contributed by atoms with Crippen molar-refractivity contribution < 1.29 is 4.79 Å². The first-order valence-corrected chi connectivity index (χ1v) is 4.46. The normalized spacial score (nSPS) is 11.0. The summed E-state index contributed by atoms with van der Waals surface area (Å²) in [6, 6.07) is 0. The van der Waals surface area contributed by atoms with E-state index in [0.717, 1.165) is 18.4 Å². The van der Waals surface area contributed by atoms with Gasteiger partial charge in [-0.25, -0.2) is 0 Å². The molecule has 72 valence electrons. The summed E-state index contributed by atoms with van der Waals surface area (Å²) in [6.07, 6.45) is 1.52. The molecule has 2 nitrogen and oxygen atoms in total. The van der Waals surface area contributed by atoms with Crippen LogP contribution in [-0.4, -0.2) is 19.9 Å². The van der Waals surface area contributed by atoms with Gasteiger partial charge >= 0.3 is 0 Å². The van der Waals surface area contributed by atoms with Crippen molar-refractivity contribution in [3.63, 3.8) is 0 Å². The number of hydrogen-bond acceptors (Lipinski definition) is 2. The van der Waals surface area contributed by atoms with Crippen molar-refractivity contribution in [1.82, 2.24) is 5.32 Å². The average molecular weight is 171 g/mol. The Bertz CT molecular complexity index is 121. The largest absolute Gasteiger partial charge is 0.319 e. The van der Waals surface area contributed by atoms with Crippen molar-refractivity contribution in [2.75, 3.05) is 13.6 Å². The highest BCUT2D eigenvalue weighted by molar-refractivity contribution is 5.50. The van der Waals surface area contributed by atoms with Gasteiger partial charge < -0.3 is 10.1 Å². The van der Waals surface area contributed by atoms with E-state index in [1.54, 1.807) is 0 Å². The van der Waals surface area contributed by atoms with E-state index in [1.165, 1.54) is 0 Å². The number of carbonyl (C=O) groups is 1. The van der Waals surface area contributed by atoms with Crippen LogP contribution in [0.1, 0.15) is 27.2 Å². The second-order valence-electron chi connectivity index (χ2n) is 2.50. The van der Waals surface area contributed by atoms with E-state index in [1.807, 2.05) is 27.8 Å². The molecule has 1 atom stereocenters. The molecular weight excluding hydrogens is 150 g/mol. The van der Waals surface area contributed by atoms with Crippen LogP contribution < -0.4 is 5.32 Å². The van der Waals surface area contributed by atoms with Crippen LogP contribution in [0.2, 0.25) is 0 Å². The van der Waals surface area contributed by atoms with Crippen molar-refractivity contribution in [2.45, 2.75) is 27.2 Å². The van der Waals surface area contributed by atoms with Crippen LogP contribution in [0, 0.1) is 5.92 Å². The number of nitrogens with one attached hydrogen (secondary N) is 1. The van der Waals surface area contributed by atoms with E-state index >= 15 is 0 Å². The molecule has 0 aliphatic carbocycles. The van der Waals surface area contributed by atoms with E-state index in [9.17, 15) is 4.79 Å². The van der Waals surface area contributed by atoms with Crippen LogP contribution in [0.5, 0.6) is 0 Å². The highest BCUT2D eigenvalue weighted by atomic mass is 16.1. The summed E-state index contributed by atoms with van der Waals surface area (Å²) in [5, 5.41) is 3.01. The van der Waals surface area contributed by atoms with Crippen LogP contribution in [0.4, 0.5) is 0 Å². The fraction of sp³-hybridized carbons (Fsp3) is 0.700. The van der Waals surface area contributed by atoms with Gasteiger partial charge in [-0.05, 0) is 19.9 Å². The zero-order chi connectivity index (χ0) is 9.98. The van der Waals surface area contributed by atoms with Crippen LogP contribution in [0.25, 0.3) is 0 Å². The minimum Gasteiger partial charge on any atom is -0.319 e. The first-order valence-electron chi connectivity index (χ1n) is 4.46. The Morgan fingerprint density at radius 1 is 1.58 bits per heavy atom. The van der Waals surface area contributed by atoms with Crippen LogP contribution >= 0.6 is 0 Å². The van der Waals surface area contributed by atoms with E-state index in [2.05, 4.69) is 11.9 Å². The maximum absolute atomic E-state index is 10.1. The predicted octanol–water partition coefficient (Wildman–Crippen LogP) is 2.01. The van der Waals surface area contributed by atoms with E-state index < -0.39 is 0 Å². The molecule has 0 rings (SSSR count). The molecule has 0 saturated carbocycles. The molecule has 2 heteroatoms. The Labute approximate surface area is 76.1 Å². The molecule has 0 amide bonds. The standard InChI is InChI=1S/C8H15NO.C2H6/c1-7(2)8(4-5-10)6-9-3;1-2/h5,8-9H,1,4,6H2,2-3H3;1-2H3. The Morgan fingerprint density at radius 2 is 2.08 bits per heavy atom. The third-order valence-electron chi connectivity index (χ3n) is 1.53. The SMILES string of the molecule is C=C(C)C(CC=O)CNC.CC. The number of rotatable bonds is 5. The van der Waals surface area contributed by atoms with Gasteiger partial charge in [-0.15, -0.1) is 0 Å². The summed E-state index contributed by atoms with van der Waals surface area (Å²) < 4.78 is 0. The van der Waals surface area contributed by atoms with E-state index in [0.29, 0.717) is 12.3 Å². The lowest BCUT2D eigenvalue weighted by Crippen LogP contribution is -2.19. The van der Waals surface area contributed by atoms with E-state index in [-0.39, 0.29) is 0 Å². The zero-order valence-electron chi connectivity index (χ0n) is 8.68. The molecule has 0 aromatic carbocycles. The van der Waals surface area contributed by atoms with Crippen molar-refractivity contribution in [2.24, 2.45) is 5.92 Å². The van der Waals surface area contributed by atoms with Gasteiger partial charge in [0, 0.05) is 13.0 Å². The Kier molecular flexibility index (Phi) is 12.0. The number of hydrogen-bond donors (Lipinski definition) is 1. The Hall–Kier alpha value is -0.630. The van der Waals surface area contributed by atoms with Crippen LogP contribution in [0.15, 0.2) is 12.2 Å². The lowest BCUT2D eigenvalue weighted by atomic mass is 9.99. The summed E-state index contributed by atoms with van der Waals surface area (Å²) in [7, 11) is 1.88. The zero-order valence-corrected chi connectivity index (χ0v) is 8.68. The third-order valence-corrected chi connectivity index (χ3v) is 1.53. The first kappa shape index (κ1) is 13.9. The molecule has 0 radical (unpaired) electrons. The van der Waals surface area contributed by atoms with Gasteiger partial charge in [0.05, 0.1) is 0 Å². The topological polar surface area (TPSA) is 29.1 Å². The van der Waals surface area contributed by atoms with Crippen molar-refractivity contribution in [3.05, 3.63) is 12.2 Å². The minimum atomic E-state index is 0.308. The van der Waals surface area contributed by atoms with Gasteiger partial charge in [-0.1, -0.05) is 26.0 Å². The number of aldehydes is 1. The molecule has 0 saturated heterocycles. The molecule has 0 aromatic heterocycles. The van der Waals surface area contributed by atoms with Crippen molar-refractivity contribution in [3.8, 4) is 0 Å². The predicted molar refractivity (Wildman–Crippen MR) is 54.3 cm³/mol. The average Bonchev–Trinajstić information content (AvgIpc) is 2.08. The highest BCUT2D eigenvalue weighted by Crippen LogP contribution is 2.09. The number of carbonyl (C=O) groups excluding carboxylic acids is 1. The molecule has 0 aromatic rings. The van der Waals surface area contributed by atoms with Gasteiger partial charge in [-0.2, -0.15) is 0 Å². The monoisotopic (exact) mass is 171 g/mol. The third kappa shape index (κ3) is 7.48. The lowest BCUT2D eigenvalue weighted by Gasteiger charge is -2.12. The van der Waals surface area contributed by atoms with E-state index in [4.69, 9.17) is 0 Å².